The van der Waals surface area contributed by atoms with Gasteiger partial charge < -0.3 is 10.6 Å². The van der Waals surface area contributed by atoms with Crippen LogP contribution < -0.4 is 10.6 Å². The van der Waals surface area contributed by atoms with Gasteiger partial charge in [-0.05, 0) is 44.4 Å². The Hall–Kier alpha value is -2.10. The molecule has 1 aromatic heterocycles. The number of aryl methyl sites for hydroxylation is 1. The number of aromatic nitrogens is 2. The Balaban J connectivity index is 2.33. The number of nitrogens with zero attached hydrogens (tertiary/aromatic N) is 2. The van der Waals surface area contributed by atoms with Crippen LogP contribution in [-0.4, -0.2) is 16.5 Å². The minimum atomic E-state index is 0.511. The zero-order valence-corrected chi connectivity index (χ0v) is 13.5. The van der Waals surface area contributed by atoms with Gasteiger partial charge in [0.2, 0.25) is 0 Å². The van der Waals surface area contributed by atoms with Crippen LogP contribution in [0.2, 0.25) is 0 Å². The van der Waals surface area contributed by atoms with Crippen molar-refractivity contribution in [2.45, 2.75) is 40.5 Å². The average Bonchev–Trinajstić information content (AvgIpc) is 2.44. The van der Waals surface area contributed by atoms with E-state index in [9.17, 15) is 0 Å². The minimum Gasteiger partial charge on any atom is -0.370 e. The van der Waals surface area contributed by atoms with E-state index in [-0.39, 0.29) is 0 Å². The maximum Gasteiger partial charge on any atom is 0.139 e. The van der Waals surface area contributed by atoms with E-state index in [1.807, 2.05) is 13.8 Å². The van der Waals surface area contributed by atoms with Gasteiger partial charge in [0.05, 0.1) is 0 Å². The maximum atomic E-state index is 4.52. The van der Waals surface area contributed by atoms with Crippen LogP contribution in [0.5, 0.6) is 0 Å². The smallest absolute Gasteiger partial charge is 0.139 e. The van der Waals surface area contributed by atoms with Crippen LogP contribution in [0.15, 0.2) is 24.3 Å². The highest BCUT2D eigenvalue weighted by Gasteiger charge is 2.09. The Labute approximate surface area is 127 Å². The molecule has 4 nitrogen and oxygen atoms in total. The average molecular weight is 284 g/mol. The fraction of sp³-hybridized carbons (Fsp3) is 0.412. The van der Waals surface area contributed by atoms with Gasteiger partial charge in [-0.2, -0.15) is 0 Å². The van der Waals surface area contributed by atoms with Gasteiger partial charge in [0.15, 0.2) is 0 Å². The first-order valence-electron chi connectivity index (χ1n) is 7.47. The van der Waals surface area contributed by atoms with Crippen LogP contribution in [0.4, 0.5) is 17.3 Å². The van der Waals surface area contributed by atoms with Gasteiger partial charge >= 0.3 is 0 Å². The summed E-state index contributed by atoms with van der Waals surface area (Å²) < 4.78 is 0. The van der Waals surface area contributed by atoms with Gasteiger partial charge in [-0.15, -0.1) is 0 Å². The van der Waals surface area contributed by atoms with Crippen LogP contribution in [0, 0.1) is 13.8 Å². The van der Waals surface area contributed by atoms with Crippen molar-refractivity contribution in [1.82, 2.24) is 9.97 Å². The highest BCUT2D eigenvalue weighted by molar-refractivity contribution is 5.65. The summed E-state index contributed by atoms with van der Waals surface area (Å²) in [6.45, 7) is 11.3. The van der Waals surface area contributed by atoms with E-state index in [4.69, 9.17) is 0 Å². The van der Waals surface area contributed by atoms with Crippen molar-refractivity contribution in [2.75, 3.05) is 17.2 Å². The van der Waals surface area contributed by atoms with E-state index in [0.29, 0.717) is 5.92 Å². The largest absolute Gasteiger partial charge is 0.370 e. The molecule has 0 aliphatic heterocycles. The van der Waals surface area contributed by atoms with Crippen molar-refractivity contribution in [1.29, 1.82) is 0 Å². The zero-order chi connectivity index (χ0) is 15.4. The SMILES string of the molecule is CCNc1nc(C)nc(Nc2cccc(C(C)C)c2)c1C. The summed E-state index contributed by atoms with van der Waals surface area (Å²) in [7, 11) is 0. The molecule has 2 rings (SSSR count). The Morgan fingerprint density at radius 2 is 1.81 bits per heavy atom. The fourth-order valence-electron chi connectivity index (χ4n) is 2.20. The van der Waals surface area contributed by atoms with E-state index in [0.717, 1.165) is 35.3 Å². The van der Waals surface area contributed by atoms with E-state index in [1.165, 1.54) is 5.56 Å². The van der Waals surface area contributed by atoms with Gasteiger partial charge in [0.25, 0.3) is 0 Å². The molecule has 112 valence electrons. The molecular weight excluding hydrogens is 260 g/mol. The summed E-state index contributed by atoms with van der Waals surface area (Å²) >= 11 is 0. The Morgan fingerprint density at radius 1 is 1.10 bits per heavy atom. The molecule has 1 heterocycles. The molecular formula is C17H24N4. The molecule has 1 aromatic carbocycles. The van der Waals surface area contributed by atoms with Crippen LogP contribution in [0.3, 0.4) is 0 Å². The molecule has 0 unspecified atom stereocenters. The number of benzene rings is 1. The lowest BCUT2D eigenvalue weighted by Crippen LogP contribution is -2.07. The molecule has 0 fully saturated rings. The molecule has 0 saturated heterocycles. The van der Waals surface area contributed by atoms with Crippen LogP contribution >= 0.6 is 0 Å². The summed E-state index contributed by atoms with van der Waals surface area (Å²) in [5.74, 6) is 3.03. The number of hydrogen-bond donors (Lipinski definition) is 2. The molecule has 0 spiro atoms. The highest BCUT2D eigenvalue weighted by Crippen LogP contribution is 2.25. The third kappa shape index (κ3) is 3.72. The Kier molecular flexibility index (Phi) is 4.78. The van der Waals surface area contributed by atoms with E-state index in [2.05, 4.69) is 65.6 Å². The predicted octanol–water partition coefficient (Wildman–Crippen LogP) is 4.39. The molecule has 0 aliphatic carbocycles. The van der Waals surface area contributed by atoms with Gasteiger partial charge in [-0.3, -0.25) is 0 Å². The first-order chi connectivity index (χ1) is 10.0. The van der Waals surface area contributed by atoms with Gasteiger partial charge in [-0.25, -0.2) is 9.97 Å². The molecule has 0 saturated carbocycles. The van der Waals surface area contributed by atoms with Crippen molar-refractivity contribution < 1.29 is 0 Å². The number of hydrogen-bond acceptors (Lipinski definition) is 4. The third-order valence-corrected chi connectivity index (χ3v) is 3.42. The molecule has 0 bridgehead atoms. The normalized spacial score (nSPS) is 10.8. The maximum absolute atomic E-state index is 4.52. The van der Waals surface area contributed by atoms with Crippen molar-refractivity contribution in [3.63, 3.8) is 0 Å². The monoisotopic (exact) mass is 284 g/mol. The number of rotatable bonds is 5. The number of anilines is 3. The molecule has 2 N–H and O–H groups in total. The van der Waals surface area contributed by atoms with Crippen LogP contribution in [-0.2, 0) is 0 Å². The molecule has 0 atom stereocenters. The second-order valence-corrected chi connectivity index (χ2v) is 5.53. The van der Waals surface area contributed by atoms with Crippen LogP contribution in [0.25, 0.3) is 0 Å². The summed E-state index contributed by atoms with van der Waals surface area (Å²) in [4.78, 5) is 8.97. The Morgan fingerprint density at radius 3 is 2.48 bits per heavy atom. The second-order valence-electron chi connectivity index (χ2n) is 5.53. The van der Waals surface area contributed by atoms with Crippen molar-refractivity contribution in [3.8, 4) is 0 Å². The number of nitrogens with one attached hydrogen (secondary N) is 2. The Bertz CT molecular complexity index is 620. The molecule has 0 radical (unpaired) electrons. The van der Waals surface area contributed by atoms with E-state index in [1.54, 1.807) is 0 Å². The molecule has 0 amide bonds. The quantitative estimate of drug-likeness (QED) is 0.854. The molecule has 21 heavy (non-hydrogen) atoms. The fourth-order valence-corrected chi connectivity index (χ4v) is 2.20. The lowest BCUT2D eigenvalue weighted by molar-refractivity contribution is 0.867. The minimum absolute atomic E-state index is 0.511. The van der Waals surface area contributed by atoms with Crippen LogP contribution in [0.1, 0.15) is 43.6 Å². The van der Waals surface area contributed by atoms with Crippen molar-refractivity contribution in [2.24, 2.45) is 0 Å². The summed E-state index contributed by atoms with van der Waals surface area (Å²) in [6, 6.07) is 8.47. The highest BCUT2D eigenvalue weighted by atomic mass is 15.1. The second kappa shape index (κ2) is 6.57. The lowest BCUT2D eigenvalue weighted by Gasteiger charge is -2.14. The predicted molar refractivity (Wildman–Crippen MR) is 89.5 cm³/mol. The summed E-state index contributed by atoms with van der Waals surface area (Å²) in [5, 5.41) is 6.70. The molecule has 2 aromatic rings. The lowest BCUT2D eigenvalue weighted by atomic mass is 10.0. The standard InChI is InChI=1S/C17H24N4/c1-6-18-16-12(4)17(20-13(5)19-16)21-15-9-7-8-14(10-15)11(2)3/h7-11H,6H2,1-5H3,(H2,18,19,20,21). The topological polar surface area (TPSA) is 49.8 Å². The summed E-state index contributed by atoms with van der Waals surface area (Å²) in [6.07, 6.45) is 0. The van der Waals surface area contributed by atoms with Gasteiger partial charge in [0.1, 0.15) is 17.5 Å². The van der Waals surface area contributed by atoms with Gasteiger partial charge in [-0.1, -0.05) is 26.0 Å². The van der Waals surface area contributed by atoms with Crippen molar-refractivity contribution >= 4 is 17.3 Å². The van der Waals surface area contributed by atoms with Gasteiger partial charge in [0, 0.05) is 17.8 Å². The van der Waals surface area contributed by atoms with Crippen molar-refractivity contribution in [3.05, 3.63) is 41.2 Å². The third-order valence-electron chi connectivity index (χ3n) is 3.42. The van der Waals surface area contributed by atoms with E-state index >= 15 is 0 Å². The first kappa shape index (κ1) is 15.3. The van der Waals surface area contributed by atoms with E-state index < -0.39 is 0 Å². The zero-order valence-electron chi connectivity index (χ0n) is 13.5. The molecule has 4 heteroatoms. The summed E-state index contributed by atoms with van der Waals surface area (Å²) in [5.41, 5.74) is 3.41. The first-order valence-corrected chi connectivity index (χ1v) is 7.47. The molecule has 0 aliphatic rings.